The van der Waals surface area contributed by atoms with Gasteiger partial charge in [-0.3, -0.25) is 0 Å². The van der Waals surface area contributed by atoms with Gasteiger partial charge in [0.25, 0.3) is 0 Å². The number of carbonyl (C=O) groups excluding carboxylic acids is 1. The predicted octanol–water partition coefficient (Wildman–Crippen LogP) is 3.08. The molecule has 0 bridgehead atoms. The highest BCUT2D eigenvalue weighted by Crippen LogP contribution is 2.40. The van der Waals surface area contributed by atoms with Gasteiger partial charge in [0, 0.05) is 17.2 Å². The molecular weight excluding hydrogens is 326 g/mol. The van der Waals surface area contributed by atoms with E-state index in [1.54, 1.807) is 4.90 Å². The lowest BCUT2D eigenvalue weighted by Gasteiger charge is -2.37. The van der Waals surface area contributed by atoms with Gasteiger partial charge in [-0.2, -0.15) is 0 Å². The van der Waals surface area contributed by atoms with E-state index in [1.165, 1.54) is 20.3 Å². The SMILES string of the molecule is COc1cc(C(=O)O)c(OC)c2c1CN(C(=O)OC(C)(C)C)C(C)C2. The first-order valence-electron chi connectivity index (χ1n) is 8.08. The van der Waals surface area contributed by atoms with E-state index in [0.29, 0.717) is 17.9 Å². The molecule has 0 saturated carbocycles. The Kier molecular flexibility index (Phi) is 5.15. The summed E-state index contributed by atoms with van der Waals surface area (Å²) in [5.74, 6) is -0.340. The van der Waals surface area contributed by atoms with Gasteiger partial charge in [-0.15, -0.1) is 0 Å². The van der Waals surface area contributed by atoms with E-state index < -0.39 is 17.7 Å². The number of benzene rings is 1. The quantitative estimate of drug-likeness (QED) is 0.901. The number of carboxylic acids is 1. The number of nitrogens with zero attached hydrogens (tertiary/aromatic N) is 1. The molecule has 138 valence electrons. The van der Waals surface area contributed by atoms with Crippen molar-refractivity contribution in [3.05, 3.63) is 22.8 Å². The number of methoxy groups -OCH3 is 2. The number of amides is 1. The Morgan fingerprint density at radius 3 is 2.32 bits per heavy atom. The Balaban J connectivity index is 2.49. The minimum absolute atomic E-state index is 0.0519. The van der Waals surface area contributed by atoms with Crippen molar-refractivity contribution in [1.82, 2.24) is 4.90 Å². The molecule has 0 aliphatic carbocycles. The van der Waals surface area contributed by atoms with E-state index >= 15 is 0 Å². The Morgan fingerprint density at radius 1 is 1.20 bits per heavy atom. The Bertz CT molecular complexity index is 692. The Labute approximate surface area is 147 Å². The van der Waals surface area contributed by atoms with Gasteiger partial charge in [-0.25, -0.2) is 9.59 Å². The summed E-state index contributed by atoms with van der Waals surface area (Å²) in [6.45, 7) is 7.61. The average molecular weight is 351 g/mol. The molecule has 1 aliphatic rings. The molecule has 1 aromatic rings. The Morgan fingerprint density at radius 2 is 1.84 bits per heavy atom. The first kappa shape index (κ1) is 18.9. The van der Waals surface area contributed by atoms with Crippen LogP contribution < -0.4 is 9.47 Å². The lowest BCUT2D eigenvalue weighted by molar-refractivity contribution is 0.0134. The molecule has 1 atom stereocenters. The average Bonchev–Trinajstić information content (AvgIpc) is 2.50. The minimum Gasteiger partial charge on any atom is -0.496 e. The third kappa shape index (κ3) is 3.81. The normalized spacial score (nSPS) is 16.9. The molecule has 7 heteroatoms. The van der Waals surface area contributed by atoms with Crippen molar-refractivity contribution in [3.8, 4) is 11.5 Å². The molecule has 0 fully saturated rings. The molecule has 1 amide bonds. The van der Waals surface area contributed by atoms with Gasteiger partial charge in [0.1, 0.15) is 22.7 Å². The minimum atomic E-state index is -1.08. The number of ether oxygens (including phenoxy) is 3. The summed E-state index contributed by atoms with van der Waals surface area (Å²) in [6, 6.07) is 1.27. The van der Waals surface area contributed by atoms with E-state index in [9.17, 15) is 14.7 Å². The fourth-order valence-corrected chi connectivity index (χ4v) is 2.99. The van der Waals surface area contributed by atoms with Crippen molar-refractivity contribution in [2.75, 3.05) is 14.2 Å². The van der Waals surface area contributed by atoms with Gasteiger partial charge in [-0.05, 0) is 40.2 Å². The van der Waals surface area contributed by atoms with E-state index in [-0.39, 0.29) is 18.2 Å². The molecule has 1 aromatic carbocycles. The third-order valence-electron chi connectivity index (χ3n) is 4.10. The maximum atomic E-state index is 12.5. The predicted molar refractivity (Wildman–Crippen MR) is 91.4 cm³/mol. The number of hydrogen-bond acceptors (Lipinski definition) is 5. The first-order chi connectivity index (χ1) is 11.6. The van der Waals surface area contributed by atoms with Crippen molar-refractivity contribution >= 4 is 12.1 Å². The number of fused-ring (bicyclic) bond motifs is 1. The van der Waals surface area contributed by atoms with Crippen LogP contribution >= 0.6 is 0 Å². The second-order valence-electron chi connectivity index (χ2n) is 7.08. The summed E-state index contributed by atoms with van der Waals surface area (Å²) in [4.78, 5) is 25.6. The van der Waals surface area contributed by atoms with Crippen LogP contribution in [0.2, 0.25) is 0 Å². The number of hydrogen-bond donors (Lipinski definition) is 1. The van der Waals surface area contributed by atoms with Gasteiger partial charge in [0.05, 0.1) is 20.8 Å². The van der Waals surface area contributed by atoms with E-state index in [2.05, 4.69) is 0 Å². The zero-order valence-electron chi connectivity index (χ0n) is 15.5. The van der Waals surface area contributed by atoms with Crippen molar-refractivity contribution in [2.45, 2.75) is 52.3 Å². The van der Waals surface area contributed by atoms with Crippen molar-refractivity contribution in [1.29, 1.82) is 0 Å². The molecule has 1 aliphatic heterocycles. The molecule has 0 saturated heterocycles. The molecule has 2 rings (SSSR count). The van der Waals surface area contributed by atoms with Gasteiger partial charge < -0.3 is 24.2 Å². The smallest absolute Gasteiger partial charge is 0.410 e. The van der Waals surface area contributed by atoms with Crippen molar-refractivity contribution < 1.29 is 28.9 Å². The molecule has 1 unspecified atom stereocenters. The van der Waals surface area contributed by atoms with Crippen LogP contribution in [-0.4, -0.2) is 47.9 Å². The van der Waals surface area contributed by atoms with Gasteiger partial charge in [-0.1, -0.05) is 0 Å². The molecule has 0 spiro atoms. The standard InChI is InChI=1S/C18H25NO6/c1-10-7-11-13(9-19(10)17(22)25-18(2,3)4)14(23-5)8-12(16(20)21)15(11)24-6/h8,10H,7,9H2,1-6H3,(H,20,21). The summed E-state index contributed by atoms with van der Waals surface area (Å²) in [5.41, 5.74) is 0.960. The van der Waals surface area contributed by atoms with Crippen LogP contribution in [0.4, 0.5) is 4.79 Å². The molecule has 7 nitrogen and oxygen atoms in total. The monoisotopic (exact) mass is 351 g/mol. The fourth-order valence-electron chi connectivity index (χ4n) is 2.99. The summed E-state index contributed by atoms with van der Waals surface area (Å²) in [6.07, 6.45) is 0.0452. The van der Waals surface area contributed by atoms with Gasteiger partial charge in [0.2, 0.25) is 0 Å². The fraction of sp³-hybridized carbons (Fsp3) is 0.556. The molecular formula is C18H25NO6. The van der Waals surface area contributed by atoms with E-state index in [4.69, 9.17) is 14.2 Å². The number of rotatable bonds is 3. The van der Waals surface area contributed by atoms with Crippen molar-refractivity contribution in [3.63, 3.8) is 0 Å². The maximum Gasteiger partial charge on any atom is 0.410 e. The second kappa shape index (κ2) is 6.82. The summed E-state index contributed by atoms with van der Waals surface area (Å²) in [5, 5.41) is 9.43. The van der Waals surface area contributed by atoms with E-state index in [0.717, 1.165) is 11.1 Å². The van der Waals surface area contributed by atoms with Gasteiger partial charge in [0.15, 0.2) is 0 Å². The topological polar surface area (TPSA) is 85.3 Å². The highest BCUT2D eigenvalue weighted by Gasteiger charge is 2.35. The third-order valence-corrected chi connectivity index (χ3v) is 4.10. The van der Waals surface area contributed by atoms with Crippen molar-refractivity contribution in [2.24, 2.45) is 0 Å². The number of carbonyl (C=O) groups is 2. The number of aromatic carboxylic acids is 1. The lowest BCUT2D eigenvalue weighted by atomic mass is 9.91. The lowest BCUT2D eigenvalue weighted by Crippen LogP contribution is -2.45. The molecule has 25 heavy (non-hydrogen) atoms. The van der Waals surface area contributed by atoms with E-state index in [1.807, 2.05) is 27.7 Å². The highest BCUT2D eigenvalue weighted by atomic mass is 16.6. The second-order valence-corrected chi connectivity index (χ2v) is 7.08. The van der Waals surface area contributed by atoms with Crippen LogP contribution in [0.1, 0.15) is 49.2 Å². The van der Waals surface area contributed by atoms with Crippen LogP contribution in [0, 0.1) is 0 Å². The summed E-state index contributed by atoms with van der Waals surface area (Å²) in [7, 11) is 2.92. The number of carboxylic acid groups (broad SMARTS) is 1. The zero-order chi connectivity index (χ0) is 18.9. The molecule has 1 N–H and O–H groups in total. The summed E-state index contributed by atoms with van der Waals surface area (Å²) < 4.78 is 16.2. The van der Waals surface area contributed by atoms with Crippen LogP contribution in [-0.2, 0) is 17.7 Å². The van der Waals surface area contributed by atoms with Gasteiger partial charge >= 0.3 is 12.1 Å². The molecule has 0 radical (unpaired) electrons. The van der Waals surface area contributed by atoms with Crippen LogP contribution in [0.3, 0.4) is 0 Å². The summed E-state index contributed by atoms with van der Waals surface area (Å²) >= 11 is 0. The maximum absolute atomic E-state index is 12.5. The zero-order valence-corrected chi connectivity index (χ0v) is 15.5. The largest absolute Gasteiger partial charge is 0.496 e. The van der Waals surface area contributed by atoms with Crippen LogP contribution in [0.15, 0.2) is 6.07 Å². The highest BCUT2D eigenvalue weighted by molar-refractivity contribution is 5.92. The van der Waals surface area contributed by atoms with Crippen LogP contribution in [0.5, 0.6) is 11.5 Å². The molecule has 1 heterocycles. The molecule has 0 aromatic heterocycles. The Hall–Kier alpha value is -2.44. The van der Waals surface area contributed by atoms with Crippen LogP contribution in [0.25, 0.3) is 0 Å². The first-order valence-corrected chi connectivity index (χ1v) is 8.08.